The molecule has 100 valence electrons. The summed E-state index contributed by atoms with van der Waals surface area (Å²) in [5, 5.41) is 3.77. The van der Waals surface area contributed by atoms with E-state index in [1.807, 2.05) is 6.07 Å². The van der Waals surface area contributed by atoms with E-state index in [1.165, 1.54) is 50.2 Å². The van der Waals surface area contributed by atoms with E-state index in [2.05, 4.69) is 16.3 Å². The van der Waals surface area contributed by atoms with Crippen LogP contribution in [0, 0.1) is 0 Å². The normalized spacial score (nSPS) is 23.8. The van der Waals surface area contributed by atoms with Gasteiger partial charge in [-0.25, -0.2) is 0 Å². The Hall–Kier alpha value is -0.0900. The first-order valence-electron chi connectivity index (χ1n) is 6.97. The molecule has 1 spiro atoms. The Balaban J connectivity index is 1.53. The molecule has 0 unspecified atom stereocenters. The fourth-order valence-corrected chi connectivity index (χ4v) is 4.45. The molecular formula is C14H21ClN2S. The van der Waals surface area contributed by atoms with E-state index in [9.17, 15) is 0 Å². The maximum absolute atomic E-state index is 5.98. The molecule has 1 N–H and O–H groups in total. The number of piperazine rings is 1. The first-order valence-corrected chi connectivity index (χ1v) is 8.17. The average Bonchev–Trinajstić information content (AvgIpc) is 2.97. The topological polar surface area (TPSA) is 15.3 Å². The Morgan fingerprint density at radius 3 is 2.89 bits per heavy atom. The highest BCUT2D eigenvalue weighted by molar-refractivity contribution is 7.16. The van der Waals surface area contributed by atoms with Crippen LogP contribution in [0.3, 0.4) is 0 Å². The Labute approximate surface area is 118 Å². The van der Waals surface area contributed by atoms with E-state index in [0.717, 1.165) is 17.3 Å². The van der Waals surface area contributed by atoms with Crippen molar-refractivity contribution < 1.29 is 0 Å². The second-order valence-corrected chi connectivity index (χ2v) is 7.45. The molecule has 3 rings (SSSR count). The first kappa shape index (κ1) is 12.9. The SMILES string of the molecule is Clc1ccc(CCN2CCNC3(CCCC3)C2)s1. The summed E-state index contributed by atoms with van der Waals surface area (Å²) in [5.41, 5.74) is 0.450. The standard InChI is InChI=1S/C14H21ClN2S/c15-13-4-3-12(18-13)5-9-17-10-8-16-14(11-17)6-1-2-7-14/h3-4,16H,1-2,5-11H2. The molecule has 0 aromatic carbocycles. The molecule has 0 atom stereocenters. The van der Waals surface area contributed by atoms with Crippen molar-refractivity contribution in [1.82, 2.24) is 10.2 Å². The molecule has 1 aliphatic carbocycles. The Kier molecular flexibility index (Phi) is 3.94. The molecule has 1 aliphatic heterocycles. The molecule has 4 heteroatoms. The molecule has 2 nitrogen and oxygen atoms in total. The predicted octanol–water partition coefficient (Wildman–Crippen LogP) is 3.16. The minimum absolute atomic E-state index is 0.450. The summed E-state index contributed by atoms with van der Waals surface area (Å²) in [5.74, 6) is 0. The minimum Gasteiger partial charge on any atom is -0.309 e. The summed E-state index contributed by atoms with van der Waals surface area (Å²) in [6, 6.07) is 4.18. The van der Waals surface area contributed by atoms with Gasteiger partial charge in [-0.05, 0) is 31.4 Å². The molecule has 2 heterocycles. The van der Waals surface area contributed by atoms with Crippen molar-refractivity contribution in [2.24, 2.45) is 0 Å². The summed E-state index contributed by atoms with van der Waals surface area (Å²) >= 11 is 7.70. The third-order valence-corrected chi connectivity index (χ3v) is 5.61. The monoisotopic (exact) mass is 284 g/mol. The Morgan fingerprint density at radius 1 is 1.33 bits per heavy atom. The molecular weight excluding hydrogens is 264 g/mol. The lowest BCUT2D eigenvalue weighted by molar-refractivity contribution is 0.136. The molecule has 18 heavy (non-hydrogen) atoms. The molecule has 2 fully saturated rings. The van der Waals surface area contributed by atoms with E-state index in [0.29, 0.717) is 5.54 Å². The van der Waals surface area contributed by atoms with Gasteiger partial charge in [-0.2, -0.15) is 0 Å². The van der Waals surface area contributed by atoms with Crippen molar-refractivity contribution in [1.29, 1.82) is 0 Å². The third kappa shape index (κ3) is 2.90. The number of hydrogen-bond acceptors (Lipinski definition) is 3. The van der Waals surface area contributed by atoms with Crippen LogP contribution < -0.4 is 5.32 Å². The van der Waals surface area contributed by atoms with Gasteiger partial charge in [0.15, 0.2) is 0 Å². The van der Waals surface area contributed by atoms with Gasteiger partial charge in [-0.3, -0.25) is 4.90 Å². The average molecular weight is 285 g/mol. The molecule has 1 saturated carbocycles. The van der Waals surface area contributed by atoms with Crippen LogP contribution in [0.5, 0.6) is 0 Å². The van der Waals surface area contributed by atoms with Gasteiger partial charge in [0.25, 0.3) is 0 Å². The van der Waals surface area contributed by atoms with Crippen LogP contribution >= 0.6 is 22.9 Å². The summed E-state index contributed by atoms with van der Waals surface area (Å²) < 4.78 is 0.914. The molecule has 2 aliphatic rings. The van der Waals surface area contributed by atoms with Crippen molar-refractivity contribution in [3.8, 4) is 0 Å². The highest BCUT2D eigenvalue weighted by Crippen LogP contribution is 2.32. The van der Waals surface area contributed by atoms with Crippen LogP contribution in [0.25, 0.3) is 0 Å². The number of halogens is 1. The van der Waals surface area contributed by atoms with E-state index in [1.54, 1.807) is 11.3 Å². The molecule has 1 aromatic rings. The van der Waals surface area contributed by atoms with Crippen molar-refractivity contribution in [2.45, 2.75) is 37.6 Å². The van der Waals surface area contributed by atoms with Gasteiger partial charge in [0, 0.05) is 36.6 Å². The largest absolute Gasteiger partial charge is 0.309 e. The van der Waals surface area contributed by atoms with E-state index < -0.39 is 0 Å². The Morgan fingerprint density at radius 2 is 2.17 bits per heavy atom. The van der Waals surface area contributed by atoms with Gasteiger partial charge in [0.2, 0.25) is 0 Å². The van der Waals surface area contributed by atoms with Crippen LogP contribution in [0.2, 0.25) is 4.34 Å². The van der Waals surface area contributed by atoms with E-state index in [4.69, 9.17) is 11.6 Å². The zero-order chi connectivity index (χ0) is 12.4. The maximum atomic E-state index is 5.98. The number of nitrogens with one attached hydrogen (secondary N) is 1. The second-order valence-electron chi connectivity index (χ2n) is 5.65. The molecule has 1 saturated heterocycles. The lowest BCUT2D eigenvalue weighted by Gasteiger charge is -2.41. The van der Waals surface area contributed by atoms with Gasteiger partial charge in [-0.1, -0.05) is 24.4 Å². The Bertz CT molecular complexity index is 398. The summed E-state index contributed by atoms with van der Waals surface area (Å²) in [4.78, 5) is 4.05. The van der Waals surface area contributed by atoms with Gasteiger partial charge in [0.1, 0.15) is 0 Å². The van der Waals surface area contributed by atoms with Crippen LogP contribution in [0.1, 0.15) is 30.6 Å². The predicted molar refractivity (Wildman–Crippen MR) is 78.7 cm³/mol. The fraction of sp³-hybridized carbons (Fsp3) is 0.714. The van der Waals surface area contributed by atoms with Crippen LogP contribution in [0.15, 0.2) is 12.1 Å². The van der Waals surface area contributed by atoms with Crippen LogP contribution in [-0.4, -0.2) is 36.6 Å². The molecule has 0 amide bonds. The molecule has 0 radical (unpaired) electrons. The number of nitrogens with zero attached hydrogens (tertiary/aromatic N) is 1. The number of thiophene rings is 1. The molecule has 1 aromatic heterocycles. The lowest BCUT2D eigenvalue weighted by Crippen LogP contribution is -2.59. The quantitative estimate of drug-likeness (QED) is 0.917. The van der Waals surface area contributed by atoms with Crippen molar-refractivity contribution in [3.05, 3.63) is 21.3 Å². The lowest BCUT2D eigenvalue weighted by atomic mass is 9.94. The zero-order valence-electron chi connectivity index (χ0n) is 10.8. The summed E-state index contributed by atoms with van der Waals surface area (Å²) in [6.45, 7) is 4.78. The van der Waals surface area contributed by atoms with Crippen molar-refractivity contribution in [2.75, 3.05) is 26.2 Å². The first-order chi connectivity index (χ1) is 8.76. The van der Waals surface area contributed by atoms with E-state index in [-0.39, 0.29) is 0 Å². The van der Waals surface area contributed by atoms with E-state index >= 15 is 0 Å². The molecule has 0 bridgehead atoms. The number of hydrogen-bond donors (Lipinski definition) is 1. The van der Waals surface area contributed by atoms with Crippen molar-refractivity contribution >= 4 is 22.9 Å². The van der Waals surface area contributed by atoms with Crippen molar-refractivity contribution in [3.63, 3.8) is 0 Å². The summed E-state index contributed by atoms with van der Waals surface area (Å²) in [6.07, 6.45) is 6.69. The number of rotatable bonds is 3. The summed E-state index contributed by atoms with van der Waals surface area (Å²) in [7, 11) is 0. The fourth-order valence-electron chi connectivity index (χ4n) is 3.37. The zero-order valence-corrected chi connectivity index (χ0v) is 12.3. The smallest absolute Gasteiger partial charge is 0.0931 e. The second kappa shape index (κ2) is 5.49. The van der Waals surface area contributed by atoms with Crippen LogP contribution in [0.4, 0.5) is 0 Å². The van der Waals surface area contributed by atoms with Crippen LogP contribution in [-0.2, 0) is 6.42 Å². The third-order valence-electron chi connectivity index (χ3n) is 4.32. The highest BCUT2D eigenvalue weighted by atomic mass is 35.5. The van der Waals surface area contributed by atoms with Gasteiger partial charge < -0.3 is 5.32 Å². The maximum Gasteiger partial charge on any atom is 0.0931 e. The van der Waals surface area contributed by atoms with Gasteiger partial charge >= 0.3 is 0 Å². The van der Waals surface area contributed by atoms with Gasteiger partial charge in [0.05, 0.1) is 4.34 Å². The minimum atomic E-state index is 0.450. The highest BCUT2D eigenvalue weighted by Gasteiger charge is 2.37. The van der Waals surface area contributed by atoms with Gasteiger partial charge in [-0.15, -0.1) is 11.3 Å².